The molecule has 1 saturated heterocycles. The van der Waals surface area contributed by atoms with E-state index in [0.717, 1.165) is 6.54 Å². The molecule has 1 N–H and O–H groups in total. The lowest BCUT2D eigenvalue weighted by Crippen LogP contribution is -2.27. The zero-order valence-corrected chi connectivity index (χ0v) is 12.8. The Kier molecular flexibility index (Phi) is 4.02. The van der Waals surface area contributed by atoms with Crippen LogP contribution in [-0.4, -0.2) is 18.2 Å². The third kappa shape index (κ3) is 3.01. The molecule has 1 aromatic carbocycles. The van der Waals surface area contributed by atoms with Crippen LogP contribution in [0.25, 0.3) is 0 Å². The first kappa shape index (κ1) is 13.9. The van der Waals surface area contributed by atoms with Crippen LogP contribution in [0.4, 0.5) is 5.69 Å². The van der Waals surface area contributed by atoms with Gasteiger partial charge in [0.2, 0.25) is 0 Å². The summed E-state index contributed by atoms with van der Waals surface area (Å²) in [6, 6.07) is 8.83. The van der Waals surface area contributed by atoms with Gasteiger partial charge in [0.05, 0.1) is 11.7 Å². The molecule has 1 aliphatic carbocycles. The van der Waals surface area contributed by atoms with Crippen LogP contribution in [0.5, 0.6) is 0 Å². The molecule has 1 spiro atoms. The fourth-order valence-corrected chi connectivity index (χ4v) is 3.64. The van der Waals surface area contributed by atoms with Crippen molar-refractivity contribution < 1.29 is 4.74 Å². The van der Waals surface area contributed by atoms with E-state index in [0.29, 0.717) is 12.0 Å². The van der Waals surface area contributed by atoms with E-state index in [4.69, 9.17) is 4.74 Å². The van der Waals surface area contributed by atoms with Gasteiger partial charge in [-0.3, -0.25) is 0 Å². The van der Waals surface area contributed by atoms with Crippen molar-refractivity contribution in [1.82, 2.24) is 0 Å². The lowest BCUT2D eigenvalue weighted by atomic mass is 9.98. The summed E-state index contributed by atoms with van der Waals surface area (Å²) in [7, 11) is 0. The molecular formula is C18H27NO. The Labute approximate surface area is 122 Å². The molecule has 20 heavy (non-hydrogen) atoms. The fourth-order valence-electron chi connectivity index (χ4n) is 3.64. The summed E-state index contributed by atoms with van der Waals surface area (Å²) in [6.07, 6.45) is 8.17. The second kappa shape index (κ2) is 5.77. The van der Waals surface area contributed by atoms with Crippen molar-refractivity contribution in [2.45, 2.75) is 70.0 Å². The maximum Gasteiger partial charge on any atom is 0.0756 e. The van der Waals surface area contributed by atoms with E-state index in [1.165, 1.54) is 49.8 Å². The monoisotopic (exact) mass is 273 g/mol. The Balaban J connectivity index is 1.50. The molecule has 1 aromatic rings. The van der Waals surface area contributed by atoms with Gasteiger partial charge in [-0.15, -0.1) is 0 Å². The number of hydrogen-bond donors (Lipinski definition) is 1. The lowest BCUT2D eigenvalue weighted by Gasteiger charge is -2.24. The third-order valence-electron chi connectivity index (χ3n) is 4.96. The van der Waals surface area contributed by atoms with Crippen LogP contribution in [0.2, 0.25) is 0 Å². The molecule has 1 atom stereocenters. The quantitative estimate of drug-likeness (QED) is 0.857. The zero-order chi connectivity index (χ0) is 14.0. The minimum absolute atomic E-state index is 0.258. The molecule has 2 heteroatoms. The summed E-state index contributed by atoms with van der Waals surface area (Å²) in [5, 5.41) is 3.53. The molecule has 1 heterocycles. The van der Waals surface area contributed by atoms with Crippen molar-refractivity contribution in [3.8, 4) is 0 Å². The van der Waals surface area contributed by atoms with E-state index in [1.54, 1.807) is 0 Å². The Hall–Kier alpha value is -1.02. The predicted octanol–water partition coefficient (Wildman–Crippen LogP) is 4.71. The standard InChI is InChI=1S/C18H27NO/c1-14(2)15-5-7-16(8-6-15)19-13-17-9-12-18(20-17)10-3-4-11-18/h5-8,14,17,19H,3-4,9-13H2,1-2H3. The third-order valence-corrected chi connectivity index (χ3v) is 4.96. The first-order valence-electron chi connectivity index (χ1n) is 8.19. The normalized spacial score (nSPS) is 24.6. The van der Waals surface area contributed by atoms with Gasteiger partial charge in [-0.25, -0.2) is 0 Å². The van der Waals surface area contributed by atoms with Crippen molar-refractivity contribution in [2.24, 2.45) is 0 Å². The van der Waals surface area contributed by atoms with E-state index in [1.807, 2.05) is 0 Å². The Morgan fingerprint density at radius 1 is 1.15 bits per heavy atom. The molecule has 2 nitrogen and oxygen atoms in total. The van der Waals surface area contributed by atoms with Crippen molar-refractivity contribution in [3.63, 3.8) is 0 Å². The van der Waals surface area contributed by atoms with Crippen LogP contribution < -0.4 is 5.32 Å². The molecular weight excluding hydrogens is 246 g/mol. The number of ether oxygens (including phenoxy) is 1. The molecule has 1 saturated carbocycles. The van der Waals surface area contributed by atoms with E-state index >= 15 is 0 Å². The van der Waals surface area contributed by atoms with Gasteiger partial charge < -0.3 is 10.1 Å². The topological polar surface area (TPSA) is 21.3 Å². The minimum atomic E-state index is 0.258. The predicted molar refractivity (Wildman–Crippen MR) is 84.3 cm³/mol. The first-order chi connectivity index (χ1) is 9.67. The van der Waals surface area contributed by atoms with Crippen molar-refractivity contribution in [2.75, 3.05) is 11.9 Å². The highest BCUT2D eigenvalue weighted by molar-refractivity contribution is 5.45. The van der Waals surface area contributed by atoms with Gasteiger partial charge in [-0.2, -0.15) is 0 Å². The molecule has 3 rings (SSSR count). The van der Waals surface area contributed by atoms with Crippen LogP contribution in [-0.2, 0) is 4.74 Å². The molecule has 2 aliphatic rings. The highest BCUT2D eigenvalue weighted by atomic mass is 16.5. The summed E-state index contributed by atoms with van der Waals surface area (Å²) >= 11 is 0. The highest BCUT2D eigenvalue weighted by Crippen LogP contribution is 2.43. The molecule has 0 radical (unpaired) electrons. The number of rotatable bonds is 4. The van der Waals surface area contributed by atoms with Crippen LogP contribution in [0.15, 0.2) is 24.3 Å². The van der Waals surface area contributed by atoms with Gasteiger partial charge in [-0.05, 0) is 49.3 Å². The molecule has 0 aromatic heterocycles. The average Bonchev–Trinajstić information content (AvgIpc) is 3.08. The van der Waals surface area contributed by atoms with Gasteiger partial charge in [0, 0.05) is 12.2 Å². The second-order valence-corrected chi connectivity index (χ2v) is 6.83. The van der Waals surface area contributed by atoms with Crippen LogP contribution in [0, 0.1) is 0 Å². The number of nitrogens with one attached hydrogen (secondary N) is 1. The molecule has 0 amide bonds. The number of anilines is 1. The van der Waals surface area contributed by atoms with Crippen molar-refractivity contribution in [1.29, 1.82) is 0 Å². The largest absolute Gasteiger partial charge is 0.382 e. The second-order valence-electron chi connectivity index (χ2n) is 6.83. The summed E-state index contributed by atoms with van der Waals surface area (Å²) in [6.45, 7) is 5.41. The van der Waals surface area contributed by atoms with Gasteiger partial charge in [-0.1, -0.05) is 38.8 Å². The minimum Gasteiger partial charge on any atom is -0.382 e. The Morgan fingerprint density at radius 3 is 2.50 bits per heavy atom. The molecule has 1 aliphatic heterocycles. The summed E-state index contributed by atoms with van der Waals surface area (Å²) in [4.78, 5) is 0. The average molecular weight is 273 g/mol. The van der Waals surface area contributed by atoms with E-state index in [2.05, 4.69) is 43.4 Å². The molecule has 0 bridgehead atoms. The lowest BCUT2D eigenvalue weighted by molar-refractivity contribution is -0.0307. The van der Waals surface area contributed by atoms with Gasteiger partial charge in [0.25, 0.3) is 0 Å². The van der Waals surface area contributed by atoms with Crippen LogP contribution in [0.1, 0.15) is 63.9 Å². The Morgan fingerprint density at radius 2 is 1.85 bits per heavy atom. The SMILES string of the molecule is CC(C)c1ccc(NCC2CCC3(CCCC3)O2)cc1. The molecule has 1 unspecified atom stereocenters. The number of hydrogen-bond acceptors (Lipinski definition) is 2. The van der Waals surface area contributed by atoms with Crippen LogP contribution >= 0.6 is 0 Å². The zero-order valence-electron chi connectivity index (χ0n) is 12.8. The maximum absolute atomic E-state index is 6.33. The van der Waals surface area contributed by atoms with Crippen molar-refractivity contribution in [3.05, 3.63) is 29.8 Å². The summed E-state index contributed by atoms with van der Waals surface area (Å²) in [5.41, 5.74) is 2.87. The van der Waals surface area contributed by atoms with Crippen molar-refractivity contribution >= 4 is 5.69 Å². The van der Waals surface area contributed by atoms with Crippen LogP contribution in [0.3, 0.4) is 0 Å². The fraction of sp³-hybridized carbons (Fsp3) is 0.667. The smallest absolute Gasteiger partial charge is 0.0756 e. The van der Waals surface area contributed by atoms with Gasteiger partial charge in [0.15, 0.2) is 0 Å². The first-order valence-corrected chi connectivity index (χ1v) is 8.19. The van der Waals surface area contributed by atoms with Gasteiger partial charge >= 0.3 is 0 Å². The number of benzene rings is 1. The summed E-state index contributed by atoms with van der Waals surface area (Å²) in [5.74, 6) is 0.601. The molecule has 110 valence electrons. The Bertz CT molecular complexity index is 431. The van der Waals surface area contributed by atoms with E-state index in [-0.39, 0.29) is 5.60 Å². The van der Waals surface area contributed by atoms with Gasteiger partial charge in [0.1, 0.15) is 0 Å². The maximum atomic E-state index is 6.33. The molecule has 2 fully saturated rings. The summed E-state index contributed by atoms with van der Waals surface area (Å²) < 4.78 is 6.33. The highest BCUT2D eigenvalue weighted by Gasteiger charge is 2.41. The van der Waals surface area contributed by atoms with E-state index < -0.39 is 0 Å². The van der Waals surface area contributed by atoms with E-state index in [9.17, 15) is 0 Å².